The van der Waals surface area contributed by atoms with E-state index in [1.807, 2.05) is 0 Å². The summed E-state index contributed by atoms with van der Waals surface area (Å²) in [6, 6.07) is 0. The number of aliphatic carboxylic acids is 1. The number of nitrogen functional groups attached to an aromatic ring is 1. The molecule has 4 N–H and O–H groups in total. The van der Waals surface area contributed by atoms with E-state index in [0.717, 1.165) is 25.7 Å². The van der Waals surface area contributed by atoms with Crippen LogP contribution in [0.5, 0.6) is 0 Å². The van der Waals surface area contributed by atoms with Gasteiger partial charge in [0.15, 0.2) is 0 Å². The number of nitrogens with zero attached hydrogens (tertiary/aromatic N) is 2. The molecule has 0 aliphatic heterocycles. The van der Waals surface area contributed by atoms with E-state index in [1.165, 1.54) is 0 Å². The fraction of sp³-hybridized carbons (Fsp3) is 0.700. The molecule has 0 atom stereocenters. The maximum atomic E-state index is 10.9. The second-order valence-corrected chi connectivity index (χ2v) is 4.59. The van der Waals surface area contributed by atoms with Crippen molar-refractivity contribution in [2.45, 2.75) is 38.5 Å². The number of aromatic amines is 1. The Morgan fingerprint density at radius 2 is 2.19 bits per heavy atom. The van der Waals surface area contributed by atoms with Gasteiger partial charge < -0.3 is 10.8 Å². The largest absolute Gasteiger partial charge is 0.481 e. The number of carboxylic acids is 1. The Hall–Kier alpha value is -1.59. The minimum absolute atomic E-state index is 0.155. The van der Waals surface area contributed by atoms with Crippen LogP contribution in [0, 0.1) is 5.41 Å². The van der Waals surface area contributed by atoms with Crippen molar-refractivity contribution in [3.63, 3.8) is 0 Å². The number of carbonyl (C=O) groups is 1. The van der Waals surface area contributed by atoms with E-state index < -0.39 is 5.97 Å². The number of aromatic nitrogens is 3. The molecule has 1 aliphatic rings. The number of rotatable bonds is 4. The second kappa shape index (κ2) is 4.11. The summed E-state index contributed by atoms with van der Waals surface area (Å²) in [5.74, 6) is 0.175. The molecule has 16 heavy (non-hydrogen) atoms. The average Bonchev–Trinajstić information content (AvgIpc) is 2.76. The van der Waals surface area contributed by atoms with Gasteiger partial charge in [0.2, 0.25) is 5.95 Å². The Morgan fingerprint density at radius 3 is 2.69 bits per heavy atom. The standard InChI is InChI=1S/C10H16N4O2/c11-9-12-7(13-14-9)5-10(6-8(15)16)3-1-2-4-10/h1-6H2,(H,15,16)(H3,11,12,13,14). The highest BCUT2D eigenvalue weighted by molar-refractivity contribution is 5.67. The molecule has 1 aromatic rings. The van der Waals surface area contributed by atoms with E-state index in [4.69, 9.17) is 10.8 Å². The van der Waals surface area contributed by atoms with Gasteiger partial charge in [-0.05, 0) is 18.3 Å². The van der Waals surface area contributed by atoms with Crippen LogP contribution in [-0.4, -0.2) is 26.3 Å². The molecule has 0 amide bonds. The van der Waals surface area contributed by atoms with Gasteiger partial charge in [-0.25, -0.2) is 0 Å². The summed E-state index contributed by atoms with van der Waals surface area (Å²) in [5.41, 5.74) is 5.27. The van der Waals surface area contributed by atoms with Crippen molar-refractivity contribution >= 4 is 11.9 Å². The second-order valence-electron chi connectivity index (χ2n) is 4.59. The van der Waals surface area contributed by atoms with Gasteiger partial charge in [-0.2, -0.15) is 4.98 Å². The zero-order chi connectivity index (χ0) is 11.6. The predicted octanol–water partition coefficient (Wildman–Crippen LogP) is 0.964. The third-order valence-electron chi connectivity index (χ3n) is 3.28. The summed E-state index contributed by atoms with van der Waals surface area (Å²) in [6.07, 6.45) is 4.91. The molecule has 1 heterocycles. The van der Waals surface area contributed by atoms with Crippen molar-refractivity contribution in [1.82, 2.24) is 15.2 Å². The van der Waals surface area contributed by atoms with Gasteiger partial charge in [0.05, 0.1) is 6.42 Å². The third-order valence-corrected chi connectivity index (χ3v) is 3.28. The van der Waals surface area contributed by atoms with Crippen molar-refractivity contribution in [3.8, 4) is 0 Å². The normalized spacial score (nSPS) is 18.8. The monoisotopic (exact) mass is 224 g/mol. The molecule has 0 saturated heterocycles. The number of nitrogens with two attached hydrogens (primary N) is 1. The molecule has 0 unspecified atom stereocenters. The molecule has 1 fully saturated rings. The molecule has 6 heteroatoms. The van der Waals surface area contributed by atoms with Crippen molar-refractivity contribution < 1.29 is 9.90 Å². The summed E-state index contributed by atoms with van der Waals surface area (Å²) in [6.45, 7) is 0. The molecular formula is C10H16N4O2. The number of carboxylic acid groups (broad SMARTS) is 1. The van der Waals surface area contributed by atoms with Gasteiger partial charge in [0.1, 0.15) is 5.82 Å². The van der Waals surface area contributed by atoms with E-state index >= 15 is 0 Å². The quantitative estimate of drug-likeness (QED) is 0.706. The van der Waals surface area contributed by atoms with Gasteiger partial charge >= 0.3 is 5.97 Å². The first-order chi connectivity index (χ1) is 7.60. The molecule has 1 saturated carbocycles. The summed E-state index contributed by atoms with van der Waals surface area (Å²) >= 11 is 0. The van der Waals surface area contributed by atoms with Crippen LogP contribution in [-0.2, 0) is 11.2 Å². The minimum Gasteiger partial charge on any atom is -0.481 e. The Kier molecular flexibility index (Phi) is 2.80. The Morgan fingerprint density at radius 1 is 1.50 bits per heavy atom. The van der Waals surface area contributed by atoms with Crippen LogP contribution in [0.4, 0.5) is 5.95 Å². The van der Waals surface area contributed by atoms with Crippen LogP contribution in [0.15, 0.2) is 0 Å². The lowest BCUT2D eigenvalue weighted by atomic mass is 9.79. The molecular weight excluding hydrogens is 208 g/mol. The van der Waals surface area contributed by atoms with Crippen LogP contribution in [0.2, 0.25) is 0 Å². The highest BCUT2D eigenvalue weighted by Gasteiger charge is 2.37. The van der Waals surface area contributed by atoms with Gasteiger partial charge in [0, 0.05) is 6.42 Å². The van der Waals surface area contributed by atoms with Crippen molar-refractivity contribution in [2.24, 2.45) is 5.41 Å². The number of H-pyrrole nitrogens is 1. The van der Waals surface area contributed by atoms with Gasteiger partial charge in [0.25, 0.3) is 0 Å². The Balaban J connectivity index is 2.10. The minimum atomic E-state index is -0.741. The zero-order valence-corrected chi connectivity index (χ0v) is 9.07. The zero-order valence-electron chi connectivity index (χ0n) is 9.07. The van der Waals surface area contributed by atoms with Crippen molar-refractivity contribution in [2.75, 3.05) is 5.73 Å². The molecule has 88 valence electrons. The van der Waals surface area contributed by atoms with Crippen LogP contribution < -0.4 is 5.73 Å². The van der Waals surface area contributed by atoms with Crippen molar-refractivity contribution in [3.05, 3.63) is 5.82 Å². The van der Waals surface area contributed by atoms with E-state index in [1.54, 1.807) is 0 Å². The van der Waals surface area contributed by atoms with Gasteiger partial charge in [-0.15, -0.1) is 5.10 Å². The average molecular weight is 224 g/mol. The molecule has 0 bridgehead atoms. The lowest BCUT2D eigenvalue weighted by Crippen LogP contribution is -2.24. The molecule has 1 aromatic heterocycles. The van der Waals surface area contributed by atoms with Crippen LogP contribution in [0.3, 0.4) is 0 Å². The third kappa shape index (κ3) is 2.32. The van der Waals surface area contributed by atoms with Gasteiger partial charge in [-0.3, -0.25) is 9.89 Å². The number of hydrogen-bond donors (Lipinski definition) is 3. The van der Waals surface area contributed by atoms with Crippen LogP contribution >= 0.6 is 0 Å². The molecule has 1 aliphatic carbocycles. The number of nitrogens with one attached hydrogen (secondary N) is 1. The fourth-order valence-corrected chi connectivity index (χ4v) is 2.61. The lowest BCUT2D eigenvalue weighted by Gasteiger charge is -2.25. The number of anilines is 1. The number of hydrogen-bond acceptors (Lipinski definition) is 4. The molecule has 0 radical (unpaired) electrons. The van der Waals surface area contributed by atoms with E-state index in [-0.39, 0.29) is 17.8 Å². The molecule has 2 rings (SSSR count). The molecule has 0 aromatic carbocycles. The predicted molar refractivity (Wildman–Crippen MR) is 57.7 cm³/mol. The first-order valence-electron chi connectivity index (χ1n) is 5.48. The maximum absolute atomic E-state index is 10.9. The van der Waals surface area contributed by atoms with E-state index in [2.05, 4.69) is 15.2 Å². The Bertz CT molecular complexity index is 382. The summed E-state index contributed by atoms with van der Waals surface area (Å²) in [5, 5.41) is 15.5. The summed E-state index contributed by atoms with van der Waals surface area (Å²) in [7, 11) is 0. The highest BCUT2D eigenvalue weighted by Crippen LogP contribution is 2.43. The smallest absolute Gasteiger partial charge is 0.303 e. The fourth-order valence-electron chi connectivity index (χ4n) is 2.61. The first kappa shape index (κ1) is 10.9. The summed E-state index contributed by atoms with van der Waals surface area (Å²) in [4.78, 5) is 14.9. The first-order valence-corrected chi connectivity index (χ1v) is 5.48. The SMILES string of the molecule is Nc1n[nH]c(CC2(CC(=O)O)CCCC2)n1. The van der Waals surface area contributed by atoms with Crippen molar-refractivity contribution in [1.29, 1.82) is 0 Å². The Labute approximate surface area is 93.3 Å². The highest BCUT2D eigenvalue weighted by atomic mass is 16.4. The molecule has 6 nitrogen and oxygen atoms in total. The summed E-state index contributed by atoms with van der Waals surface area (Å²) < 4.78 is 0. The van der Waals surface area contributed by atoms with Crippen LogP contribution in [0.1, 0.15) is 37.9 Å². The maximum Gasteiger partial charge on any atom is 0.303 e. The molecule has 0 spiro atoms. The lowest BCUT2D eigenvalue weighted by molar-refractivity contribution is -0.139. The van der Waals surface area contributed by atoms with Gasteiger partial charge in [-0.1, -0.05) is 12.8 Å². The van der Waals surface area contributed by atoms with Crippen LogP contribution in [0.25, 0.3) is 0 Å². The van der Waals surface area contributed by atoms with E-state index in [0.29, 0.717) is 12.2 Å². The topological polar surface area (TPSA) is 105 Å². The van der Waals surface area contributed by atoms with E-state index in [9.17, 15) is 4.79 Å².